The average Bonchev–Trinajstić information content (AvgIpc) is 2.40. The highest BCUT2D eigenvalue weighted by atomic mass is 16.5. The zero-order chi connectivity index (χ0) is 15.0. The number of rotatable bonds is 8. The Bertz CT molecular complexity index is 419. The molecular formula is C16H26N2O2. The number of carbonyl (C=O) groups is 1. The molecule has 4 nitrogen and oxygen atoms in total. The van der Waals surface area contributed by atoms with Crippen LogP contribution in [0.25, 0.3) is 0 Å². The van der Waals surface area contributed by atoms with Crippen LogP contribution in [0.4, 0.5) is 0 Å². The van der Waals surface area contributed by atoms with Gasteiger partial charge in [0.25, 0.3) is 0 Å². The maximum absolute atomic E-state index is 11.7. The van der Waals surface area contributed by atoms with E-state index in [9.17, 15) is 4.79 Å². The molecule has 112 valence electrons. The van der Waals surface area contributed by atoms with Crippen LogP contribution in [-0.4, -0.2) is 31.6 Å². The van der Waals surface area contributed by atoms with Gasteiger partial charge in [-0.25, -0.2) is 0 Å². The average molecular weight is 278 g/mol. The number of nitrogens with one attached hydrogen (secondary N) is 2. The van der Waals surface area contributed by atoms with Crippen LogP contribution in [0.2, 0.25) is 0 Å². The third-order valence-electron chi connectivity index (χ3n) is 2.89. The normalized spacial score (nSPS) is 12.2. The second-order valence-corrected chi connectivity index (χ2v) is 5.48. The first kappa shape index (κ1) is 16.5. The molecule has 0 aliphatic carbocycles. The van der Waals surface area contributed by atoms with Gasteiger partial charge in [0, 0.05) is 13.1 Å². The van der Waals surface area contributed by atoms with Gasteiger partial charge in [0.2, 0.25) is 5.91 Å². The first-order chi connectivity index (χ1) is 9.49. The van der Waals surface area contributed by atoms with Gasteiger partial charge in [-0.2, -0.15) is 0 Å². The van der Waals surface area contributed by atoms with Crippen molar-refractivity contribution in [3.8, 4) is 5.75 Å². The van der Waals surface area contributed by atoms with Crippen LogP contribution < -0.4 is 15.4 Å². The molecule has 0 saturated carbocycles. The second kappa shape index (κ2) is 8.59. The Morgan fingerprint density at radius 2 is 2.05 bits per heavy atom. The summed E-state index contributed by atoms with van der Waals surface area (Å²) in [5, 5.41) is 6.06. The van der Waals surface area contributed by atoms with Gasteiger partial charge in [-0.1, -0.05) is 26.0 Å². The van der Waals surface area contributed by atoms with Crippen molar-refractivity contribution in [1.82, 2.24) is 10.6 Å². The van der Waals surface area contributed by atoms with Crippen molar-refractivity contribution in [1.29, 1.82) is 0 Å². The second-order valence-electron chi connectivity index (χ2n) is 5.48. The highest BCUT2D eigenvalue weighted by molar-refractivity contribution is 5.81. The molecule has 0 aliphatic heterocycles. The van der Waals surface area contributed by atoms with Crippen LogP contribution in [0.3, 0.4) is 0 Å². The van der Waals surface area contributed by atoms with Crippen molar-refractivity contribution < 1.29 is 9.53 Å². The van der Waals surface area contributed by atoms with Crippen LogP contribution >= 0.6 is 0 Å². The minimum atomic E-state index is -0.199. The van der Waals surface area contributed by atoms with Crippen molar-refractivity contribution in [2.45, 2.75) is 33.7 Å². The van der Waals surface area contributed by atoms with Gasteiger partial charge in [0.05, 0.1) is 6.04 Å². The Labute approximate surface area is 121 Å². The molecule has 1 rings (SSSR count). The van der Waals surface area contributed by atoms with E-state index in [1.54, 1.807) is 0 Å². The lowest BCUT2D eigenvalue weighted by Crippen LogP contribution is -2.44. The molecule has 4 heteroatoms. The van der Waals surface area contributed by atoms with Crippen molar-refractivity contribution in [2.24, 2.45) is 5.92 Å². The summed E-state index contributed by atoms with van der Waals surface area (Å²) in [6.07, 6.45) is 0. The van der Waals surface area contributed by atoms with E-state index in [1.165, 1.54) is 5.56 Å². The van der Waals surface area contributed by atoms with Gasteiger partial charge < -0.3 is 15.4 Å². The summed E-state index contributed by atoms with van der Waals surface area (Å²) in [7, 11) is 0. The quantitative estimate of drug-likeness (QED) is 0.716. The molecule has 0 fully saturated rings. The van der Waals surface area contributed by atoms with E-state index in [1.807, 2.05) is 38.1 Å². The fourth-order valence-corrected chi connectivity index (χ4v) is 1.70. The summed E-state index contributed by atoms with van der Waals surface area (Å²) in [6, 6.07) is 7.74. The van der Waals surface area contributed by atoms with Crippen LogP contribution in [0, 0.1) is 12.8 Å². The Hall–Kier alpha value is -1.55. The fraction of sp³-hybridized carbons (Fsp3) is 0.562. The standard InChI is InChI=1S/C16H26N2O2/c1-12(2)11-18-16(19)14(4)17-8-9-20-15-7-5-6-13(3)10-15/h5-7,10,12,14,17H,8-9,11H2,1-4H3,(H,18,19). The largest absolute Gasteiger partial charge is 0.492 e. The van der Waals surface area contributed by atoms with E-state index in [4.69, 9.17) is 4.74 Å². The van der Waals surface area contributed by atoms with Gasteiger partial charge in [-0.15, -0.1) is 0 Å². The molecule has 0 heterocycles. The van der Waals surface area contributed by atoms with E-state index in [2.05, 4.69) is 24.5 Å². The molecular weight excluding hydrogens is 252 g/mol. The molecule has 20 heavy (non-hydrogen) atoms. The van der Waals surface area contributed by atoms with E-state index in [-0.39, 0.29) is 11.9 Å². The molecule has 0 aliphatic rings. The highest BCUT2D eigenvalue weighted by Crippen LogP contribution is 2.11. The van der Waals surface area contributed by atoms with Crippen LogP contribution in [0.15, 0.2) is 24.3 Å². The first-order valence-electron chi connectivity index (χ1n) is 7.19. The van der Waals surface area contributed by atoms with Gasteiger partial charge in [0.15, 0.2) is 0 Å². The number of benzene rings is 1. The Morgan fingerprint density at radius 3 is 2.70 bits per heavy atom. The third-order valence-corrected chi connectivity index (χ3v) is 2.89. The summed E-state index contributed by atoms with van der Waals surface area (Å²) >= 11 is 0. The molecule has 0 radical (unpaired) electrons. The molecule has 0 bridgehead atoms. The number of aryl methyl sites for hydroxylation is 1. The zero-order valence-electron chi connectivity index (χ0n) is 12.9. The number of hydrogen-bond donors (Lipinski definition) is 2. The van der Waals surface area contributed by atoms with E-state index < -0.39 is 0 Å². The number of hydrogen-bond acceptors (Lipinski definition) is 3. The fourth-order valence-electron chi connectivity index (χ4n) is 1.70. The SMILES string of the molecule is Cc1cccc(OCCNC(C)C(=O)NCC(C)C)c1. The number of carbonyl (C=O) groups excluding carboxylic acids is 1. The molecule has 0 aromatic heterocycles. The topological polar surface area (TPSA) is 50.4 Å². The Balaban J connectivity index is 2.18. The maximum atomic E-state index is 11.7. The van der Waals surface area contributed by atoms with Crippen LogP contribution in [0.5, 0.6) is 5.75 Å². The maximum Gasteiger partial charge on any atom is 0.236 e. The summed E-state index contributed by atoms with van der Waals surface area (Å²) in [6.45, 7) is 9.96. The molecule has 1 aromatic rings. The molecule has 0 saturated heterocycles. The van der Waals surface area contributed by atoms with Gasteiger partial charge in [0.1, 0.15) is 12.4 Å². The van der Waals surface area contributed by atoms with E-state index in [0.29, 0.717) is 25.6 Å². The van der Waals surface area contributed by atoms with Crippen LogP contribution in [-0.2, 0) is 4.79 Å². The van der Waals surface area contributed by atoms with Crippen molar-refractivity contribution in [3.63, 3.8) is 0 Å². The minimum absolute atomic E-state index is 0.0363. The van der Waals surface area contributed by atoms with Gasteiger partial charge >= 0.3 is 0 Å². The number of amides is 1. The molecule has 0 spiro atoms. The summed E-state index contributed by atoms with van der Waals surface area (Å²) < 4.78 is 5.62. The molecule has 2 N–H and O–H groups in total. The summed E-state index contributed by atoms with van der Waals surface area (Å²) in [5.74, 6) is 1.37. The van der Waals surface area contributed by atoms with E-state index >= 15 is 0 Å². The monoisotopic (exact) mass is 278 g/mol. The predicted molar refractivity (Wildman–Crippen MR) is 82.0 cm³/mol. The van der Waals surface area contributed by atoms with E-state index in [0.717, 1.165) is 5.75 Å². The third kappa shape index (κ3) is 6.57. The first-order valence-corrected chi connectivity index (χ1v) is 7.19. The summed E-state index contributed by atoms with van der Waals surface area (Å²) in [4.78, 5) is 11.7. The highest BCUT2D eigenvalue weighted by Gasteiger charge is 2.11. The molecule has 1 amide bonds. The van der Waals surface area contributed by atoms with Gasteiger partial charge in [-0.3, -0.25) is 4.79 Å². The van der Waals surface area contributed by atoms with Crippen LogP contribution in [0.1, 0.15) is 26.3 Å². The Morgan fingerprint density at radius 1 is 1.30 bits per heavy atom. The van der Waals surface area contributed by atoms with Crippen molar-refractivity contribution in [3.05, 3.63) is 29.8 Å². The summed E-state index contributed by atoms with van der Waals surface area (Å²) in [5.41, 5.74) is 1.18. The molecule has 1 atom stereocenters. The molecule has 1 unspecified atom stereocenters. The minimum Gasteiger partial charge on any atom is -0.492 e. The van der Waals surface area contributed by atoms with Gasteiger partial charge in [-0.05, 0) is 37.5 Å². The lowest BCUT2D eigenvalue weighted by atomic mass is 10.2. The predicted octanol–water partition coefficient (Wildman–Crippen LogP) is 2.12. The zero-order valence-corrected chi connectivity index (χ0v) is 12.9. The lowest BCUT2D eigenvalue weighted by Gasteiger charge is -2.15. The number of ether oxygens (including phenoxy) is 1. The molecule has 1 aromatic carbocycles. The lowest BCUT2D eigenvalue weighted by molar-refractivity contribution is -0.122. The smallest absolute Gasteiger partial charge is 0.236 e. The van der Waals surface area contributed by atoms with Crippen molar-refractivity contribution >= 4 is 5.91 Å². The Kier molecular flexibility index (Phi) is 7.09. The van der Waals surface area contributed by atoms with Crippen molar-refractivity contribution in [2.75, 3.05) is 19.7 Å².